The van der Waals surface area contributed by atoms with Crippen LogP contribution in [-0.4, -0.2) is 18.4 Å². The van der Waals surface area contributed by atoms with E-state index in [2.05, 4.69) is 10.0 Å². The molecule has 2 aromatic carbocycles. The summed E-state index contributed by atoms with van der Waals surface area (Å²) in [6.45, 7) is 0.463. The van der Waals surface area contributed by atoms with Gasteiger partial charge < -0.3 is 4.74 Å². The smallest absolute Gasteiger partial charge is 0.199 e. The molecule has 0 amide bonds. The topological polar surface area (TPSA) is 75.1 Å². The van der Waals surface area contributed by atoms with Gasteiger partial charge in [-0.1, -0.05) is 65.8 Å². The van der Waals surface area contributed by atoms with Gasteiger partial charge in [0, 0.05) is 17.1 Å². The fraction of sp³-hybridized carbons (Fsp3) is 0.278. The number of nitrogens with zero attached hydrogens (tertiary/aromatic N) is 3. The molecule has 3 rings (SSSR count). The maximum Gasteiger partial charge on any atom is 0.199 e. The summed E-state index contributed by atoms with van der Waals surface area (Å²) in [5.74, 6) is -0.165. The van der Waals surface area contributed by atoms with Crippen LogP contribution in [0.4, 0.5) is 0 Å². The zero-order chi connectivity index (χ0) is 16.1. The van der Waals surface area contributed by atoms with E-state index in [9.17, 15) is 4.79 Å². The first-order valence-corrected chi connectivity index (χ1v) is 7.62. The Kier molecular flexibility index (Phi) is 4.42. The van der Waals surface area contributed by atoms with Crippen molar-refractivity contribution in [1.29, 1.82) is 0 Å². The maximum atomic E-state index is 13.3. The number of hydrogen-bond donors (Lipinski definition) is 0. The molecule has 0 spiro atoms. The van der Waals surface area contributed by atoms with Crippen LogP contribution in [0.2, 0.25) is 0 Å². The lowest BCUT2D eigenvalue weighted by molar-refractivity contribution is -0.0703. The molecule has 5 nitrogen and oxygen atoms in total. The van der Waals surface area contributed by atoms with Gasteiger partial charge in [0.15, 0.2) is 11.4 Å². The predicted molar refractivity (Wildman–Crippen MR) is 87.0 cm³/mol. The number of carbonyl (C=O) groups excluding carboxylic acids is 1. The molecule has 5 heteroatoms. The zero-order valence-corrected chi connectivity index (χ0v) is 12.6. The second kappa shape index (κ2) is 6.65. The van der Waals surface area contributed by atoms with Gasteiger partial charge in [0.2, 0.25) is 0 Å². The van der Waals surface area contributed by atoms with Gasteiger partial charge in [0.25, 0.3) is 0 Å². The molecule has 1 aliphatic heterocycles. The molecule has 0 radical (unpaired) electrons. The number of benzene rings is 2. The number of carbonyl (C=O) groups is 1. The largest absolute Gasteiger partial charge is 0.362 e. The Labute approximate surface area is 134 Å². The van der Waals surface area contributed by atoms with Crippen LogP contribution in [0.15, 0.2) is 65.8 Å². The van der Waals surface area contributed by atoms with Gasteiger partial charge in [-0.25, -0.2) is 0 Å². The van der Waals surface area contributed by atoms with Crippen molar-refractivity contribution in [3.63, 3.8) is 0 Å². The fourth-order valence-corrected chi connectivity index (χ4v) is 3.12. The molecule has 1 fully saturated rings. The third-order valence-corrected chi connectivity index (χ3v) is 4.19. The van der Waals surface area contributed by atoms with Crippen LogP contribution in [-0.2, 0) is 10.3 Å². The van der Waals surface area contributed by atoms with Crippen LogP contribution in [0, 0.1) is 0 Å². The lowest BCUT2D eigenvalue weighted by atomic mass is 9.77. The van der Waals surface area contributed by atoms with Crippen LogP contribution in [0.3, 0.4) is 0 Å². The third-order valence-electron chi connectivity index (χ3n) is 4.19. The van der Waals surface area contributed by atoms with E-state index < -0.39 is 11.6 Å². The molecule has 0 bridgehead atoms. The van der Waals surface area contributed by atoms with Gasteiger partial charge in [-0.3, -0.25) is 4.79 Å². The molecule has 1 aliphatic rings. The summed E-state index contributed by atoms with van der Waals surface area (Å²) in [7, 11) is 0. The van der Waals surface area contributed by atoms with E-state index in [1.54, 1.807) is 12.1 Å². The molecular weight excluding hydrogens is 290 g/mol. The first-order chi connectivity index (χ1) is 11.3. The molecule has 1 saturated heterocycles. The van der Waals surface area contributed by atoms with E-state index in [-0.39, 0.29) is 5.78 Å². The van der Waals surface area contributed by atoms with Crippen LogP contribution >= 0.6 is 0 Å². The second-order valence-corrected chi connectivity index (χ2v) is 5.51. The molecule has 2 aromatic rings. The van der Waals surface area contributed by atoms with Crippen molar-refractivity contribution in [2.75, 3.05) is 6.61 Å². The molecule has 23 heavy (non-hydrogen) atoms. The van der Waals surface area contributed by atoms with Crippen molar-refractivity contribution < 1.29 is 9.53 Å². The molecule has 2 atom stereocenters. The SMILES string of the molecule is [N-]=[N+]=N[C@H]1CCCO[C@@]1(C(=O)c1ccccc1)c1ccccc1. The molecule has 0 N–H and O–H groups in total. The Morgan fingerprint density at radius 3 is 2.43 bits per heavy atom. The summed E-state index contributed by atoms with van der Waals surface area (Å²) in [6, 6.07) is 17.8. The molecule has 0 aromatic heterocycles. The quantitative estimate of drug-likeness (QED) is 0.366. The first kappa shape index (κ1) is 15.3. The highest BCUT2D eigenvalue weighted by molar-refractivity contribution is 6.03. The average molecular weight is 307 g/mol. The normalized spacial score (nSPS) is 23.7. The Balaban J connectivity index is 2.17. The van der Waals surface area contributed by atoms with Crippen molar-refractivity contribution in [3.8, 4) is 0 Å². The fourth-order valence-electron chi connectivity index (χ4n) is 3.12. The zero-order valence-electron chi connectivity index (χ0n) is 12.6. The van der Waals surface area contributed by atoms with Crippen LogP contribution in [0.5, 0.6) is 0 Å². The highest BCUT2D eigenvalue weighted by atomic mass is 16.5. The standard InChI is InChI=1S/C18H17N3O2/c19-21-20-16-12-7-13-23-18(16,15-10-5-2-6-11-15)17(22)14-8-3-1-4-9-14/h1-6,8-11,16H,7,12-13H2/t16-,18-/m0/s1. The summed E-state index contributed by atoms with van der Waals surface area (Å²) in [5, 5.41) is 3.89. The summed E-state index contributed by atoms with van der Waals surface area (Å²) in [6.07, 6.45) is 1.39. The highest BCUT2D eigenvalue weighted by Crippen LogP contribution is 2.40. The first-order valence-electron chi connectivity index (χ1n) is 7.62. The summed E-state index contributed by atoms with van der Waals surface area (Å²) < 4.78 is 6.02. The minimum absolute atomic E-state index is 0.165. The number of rotatable bonds is 4. The summed E-state index contributed by atoms with van der Waals surface area (Å²) in [5.41, 5.74) is 8.96. The van der Waals surface area contributed by atoms with Gasteiger partial charge in [-0.2, -0.15) is 0 Å². The van der Waals surface area contributed by atoms with E-state index in [1.165, 1.54) is 0 Å². The van der Waals surface area contributed by atoms with Gasteiger partial charge in [-0.15, -0.1) is 0 Å². The van der Waals surface area contributed by atoms with Gasteiger partial charge in [0.1, 0.15) is 0 Å². The number of ketones is 1. The Morgan fingerprint density at radius 2 is 1.78 bits per heavy atom. The van der Waals surface area contributed by atoms with E-state index in [0.717, 1.165) is 12.0 Å². The van der Waals surface area contributed by atoms with E-state index in [1.807, 2.05) is 48.5 Å². The molecule has 0 unspecified atom stereocenters. The minimum atomic E-state index is -1.26. The van der Waals surface area contributed by atoms with Gasteiger partial charge >= 0.3 is 0 Å². The molecule has 0 saturated carbocycles. The van der Waals surface area contributed by atoms with E-state index in [4.69, 9.17) is 10.3 Å². The molecular formula is C18H17N3O2. The van der Waals surface area contributed by atoms with Crippen molar-refractivity contribution in [3.05, 3.63) is 82.2 Å². The summed E-state index contributed by atoms with van der Waals surface area (Å²) in [4.78, 5) is 16.2. The van der Waals surface area contributed by atoms with Gasteiger partial charge in [-0.05, 0) is 23.9 Å². The molecule has 1 heterocycles. The number of azide groups is 1. The lowest BCUT2D eigenvalue weighted by Crippen LogP contribution is -2.51. The van der Waals surface area contributed by atoms with E-state index >= 15 is 0 Å². The van der Waals surface area contributed by atoms with E-state index in [0.29, 0.717) is 18.6 Å². The van der Waals surface area contributed by atoms with Crippen molar-refractivity contribution in [2.45, 2.75) is 24.5 Å². The molecule has 0 aliphatic carbocycles. The minimum Gasteiger partial charge on any atom is -0.362 e. The lowest BCUT2D eigenvalue weighted by Gasteiger charge is -2.41. The monoisotopic (exact) mass is 307 g/mol. The van der Waals surface area contributed by atoms with Crippen molar-refractivity contribution >= 4 is 5.78 Å². The second-order valence-electron chi connectivity index (χ2n) is 5.51. The Morgan fingerprint density at radius 1 is 1.13 bits per heavy atom. The Bertz CT molecular complexity index is 726. The number of hydrogen-bond acceptors (Lipinski definition) is 3. The van der Waals surface area contributed by atoms with Crippen molar-refractivity contribution in [1.82, 2.24) is 0 Å². The summed E-state index contributed by atoms with van der Waals surface area (Å²) >= 11 is 0. The molecule has 116 valence electrons. The third kappa shape index (κ3) is 2.72. The van der Waals surface area contributed by atoms with Crippen LogP contribution in [0.1, 0.15) is 28.8 Å². The number of ether oxygens (including phenoxy) is 1. The maximum absolute atomic E-state index is 13.3. The van der Waals surface area contributed by atoms with Gasteiger partial charge in [0.05, 0.1) is 6.04 Å². The van der Waals surface area contributed by atoms with Crippen molar-refractivity contribution in [2.24, 2.45) is 5.11 Å². The predicted octanol–water partition coefficient (Wildman–Crippen LogP) is 4.25. The average Bonchev–Trinajstić information content (AvgIpc) is 2.63. The number of Topliss-reactive ketones (excluding diaryl/α,β-unsaturated/α-hetero) is 1. The Hall–Kier alpha value is -2.62. The van der Waals surface area contributed by atoms with Crippen LogP contribution < -0.4 is 0 Å². The van der Waals surface area contributed by atoms with Crippen LogP contribution in [0.25, 0.3) is 10.4 Å². The highest BCUT2D eigenvalue weighted by Gasteiger charge is 2.49.